The predicted octanol–water partition coefficient (Wildman–Crippen LogP) is 4.75. The number of benzene rings is 2. The monoisotopic (exact) mass is 461 g/mol. The van der Waals surface area contributed by atoms with Crippen LogP contribution in [0.5, 0.6) is 0 Å². The Kier molecular flexibility index (Phi) is 5.81. The summed E-state index contributed by atoms with van der Waals surface area (Å²) in [6.07, 6.45) is -0.659. The van der Waals surface area contributed by atoms with Crippen LogP contribution in [0.3, 0.4) is 0 Å². The van der Waals surface area contributed by atoms with Crippen molar-refractivity contribution in [1.29, 1.82) is 0 Å². The van der Waals surface area contributed by atoms with Crippen molar-refractivity contribution >= 4 is 47.8 Å². The van der Waals surface area contributed by atoms with E-state index in [1.807, 2.05) is 42.5 Å². The minimum absolute atomic E-state index is 0.145. The highest BCUT2D eigenvalue weighted by atomic mass is 79.9. The van der Waals surface area contributed by atoms with Gasteiger partial charge in [0.1, 0.15) is 0 Å². The maximum Gasteiger partial charge on any atom is 0.0881 e. The van der Waals surface area contributed by atoms with E-state index >= 15 is 0 Å². The summed E-state index contributed by atoms with van der Waals surface area (Å²) < 4.78 is 2.82. The molecule has 2 unspecified atom stereocenters. The van der Waals surface area contributed by atoms with E-state index in [0.717, 1.165) is 24.5 Å². The van der Waals surface area contributed by atoms with Gasteiger partial charge in [0, 0.05) is 25.9 Å². The molecule has 0 saturated carbocycles. The summed E-state index contributed by atoms with van der Waals surface area (Å²) >= 11 is 10.3. The van der Waals surface area contributed by atoms with Crippen LogP contribution in [0.2, 0.25) is 0 Å². The lowest BCUT2D eigenvalue weighted by molar-refractivity contribution is 0.146. The number of halogens is 3. The summed E-state index contributed by atoms with van der Waals surface area (Å²) in [6.45, 7) is 0.377. The second-order valence-electron chi connectivity index (χ2n) is 4.50. The van der Waals surface area contributed by atoms with Crippen LogP contribution in [0, 0.1) is 0 Å². The van der Waals surface area contributed by atoms with Crippen molar-refractivity contribution in [2.24, 2.45) is 5.73 Å². The molecule has 0 aliphatic heterocycles. The fraction of sp³-hybridized carbons (Fsp3) is 0.200. The Balaban J connectivity index is 2.35. The number of hydrogen-bond acceptors (Lipinski definition) is 2. The van der Waals surface area contributed by atoms with Crippen LogP contribution < -0.4 is 5.73 Å². The molecule has 0 saturated heterocycles. The van der Waals surface area contributed by atoms with E-state index in [9.17, 15) is 5.11 Å². The average molecular weight is 464 g/mol. The smallest absolute Gasteiger partial charge is 0.0881 e. The first-order chi connectivity index (χ1) is 9.52. The zero-order chi connectivity index (χ0) is 14.7. The van der Waals surface area contributed by atoms with Crippen LogP contribution in [0.25, 0.3) is 0 Å². The number of hydrogen-bond donors (Lipinski definition) is 2. The summed E-state index contributed by atoms with van der Waals surface area (Å²) in [5.74, 6) is -0.145. The number of rotatable bonds is 4. The quantitative estimate of drug-likeness (QED) is 0.687. The fourth-order valence-electron chi connectivity index (χ4n) is 2.12. The standard InChI is InChI=1S/C15H14Br3NO/c16-10-3-1-9(2-4-10)13(8-19)15(20)12-7-11(17)5-6-14(12)18/h1-7,13,15,20H,8,19H2. The molecule has 2 rings (SSSR count). The van der Waals surface area contributed by atoms with E-state index in [0.29, 0.717) is 6.54 Å². The third kappa shape index (κ3) is 3.71. The fourth-order valence-corrected chi connectivity index (χ4v) is 3.24. The Morgan fingerprint density at radius 2 is 1.55 bits per heavy atom. The van der Waals surface area contributed by atoms with Gasteiger partial charge in [-0.25, -0.2) is 0 Å². The maximum atomic E-state index is 10.7. The summed E-state index contributed by atoms with van der Waals surface area (Å²) in [5, 5.41) is 10.7. The second-order valence-corrected chi connectivity index (χ2v) is 7.19. The molecule has 2 aromatic rings. The van der Waals surface area contributed by atoms with Gasteiger partial charge in [0.2, 0.25) is 0 Å². The molecule has 0 heterocycles. The molecule has 0 bridgehead atoms. The highest BCUT2D eigenvalue weighted by molar-refractivity contribution is 9.11. The average Bonchev–Trinajstić information content (AvgIpc) is 2.44. The molecule has 0 radical (unpaired) electrons. The molecular formula is C15H14Br3NO. The highest BCUT2D eigenvalue weighted by Gasteiger charge is 2.23. The van der Waals surface area contributed by atoms with Crippen molar-refractivity contribution in [1.82, 2.24) is 0 Å². The van der Waals surface area contributed by atoms with Gasteiger partial charge in [0.15, 0.2) is 0 Å². The summed E-state index contributed by atoms with van der Waals surface area (Å²) in [7, 11) is 0. The third-order valence-electron chi connectivity index (χ3n) is 3.21. The van der Waals surface area contributed by atoms with Crippen molar-refractivity contribution in [3.63, 3.8) is 0 Å². The topological polar surface area (TPSA) is 46.2 Å². The van der Waals surface area contributed by atoms with Crippen molar-refractivity contribution in [3.8, 4) is 0 Å². The van der Waals surface area contributed by atoms with Crippen molar-refractivity contribution in [2.45, 2.75) is 12.0 Å². The molecule has 2 nitrogen and oxygen atoms in total. The number of nitrogens with two attached hydrogens (primary N) is 1. The summed E-state index contributed by atoms with van der Waals surface area (Å²) in [5.41, 5.74) is 7.72. The SMILES string of the molecule is NCC(c1ccc(Br)cc1)C(O)c1cc(Br)ccc1Br. The zero-order valence-corrected chi connectivity index (χ0v) is 15.3. The first-order valence-electron chi connectivity index (χ1n) is 6.11. The van der Waals surface area contributed by atoms with Crippen LogP contribution in [-0.4, -0.2) is 11.7 Å². The molecule has 0 amide bonds. The van der Waals surface area contributed by atoms with Gasteiger partial charge in [-0.1, -0.05) is 59.9 Å². The van der Waals surface area contributed by atoms with Gasteiger partial charge in [0.25, 0.3) is 0 Å². The molecule has 20 heavy (non-hydrogen) atoms. The van der Waals surface area contributed by atoms with Gasteiger partial charge in [0.05, 0.1) is 6.10 Å². The van der Waals surface area contributed by atoms with Crippen LogP contribution in [0.1, 0.15) is 23.1 Å². The minimum Gasteiger partial charge on any atom is -0.388 e. The second kappa shape index (κ2) is 7.18. The molecule has 0 aliphatic carbocycles. The third-order valence-corrected chi connectivity index (χ3v) is 4.95. The van der Waals surface area contributed by atoms with Gasteiger partial charge in [-0.2, -0.15) is 0 Å². The molecule has 0 aromatic heterocycles. The lowest BCUT2D eigenvalue weighted by atomic mass is 9.89. The molecular weight excluding hydrogens is 450 g/mol. The van der Waals surface area contributed by atoms with Crippen molar-refractivity contribution < 1.29 is 5.11 Å². The lowest BCUT2D eigenvalue weighted by Gasteiger charge is -2.23. The molecule has 5 heteroatoms. The van der Waals surface area contributed by atoms with E-state index in [1.54, 1.807) is 0 Å². The van der Waals surface area contributed by atoms with Crippen LogP contribution in [0.4, 0.5) is 0 Å². The van der Waals surface area contributed by atoms with Crippen LogP contribution in [-0.2, 0) is 0 Å². The molecule has 3 N–H and O–H groups in total. The Labute approximate surface area is 143 Å². The first-order valence-corrected chi connectivity index (χ1v) is 8.49. The zero-order valence-electron chi connectivity index (χ0n) is 10.6. The van der Waals surface area contributed by atoms with E-state index in [-0.39, 0.29) is 5.92 Å². The number of aliphatic hydroxyl groups excluding tert-OH is 1. The number of aliphatic hydroxyl groups is 1. The molecule has 0 fully saturated rings. The Morgan fingerprint density at radius 3 is 2.15 bits per heavy atom. The van der Waals surface area contributed by atoms with E-state index in [2.05, 4.69) is 47.8 Å². The van der Waals surface area contributed by atoms with Gasteiger partial charge < -0.3 is 10.8 Å². The molecule has 0 spiro atoms. The van der Waals surface area contributed by atoms with Crippen molar-refractivity contribution in [2.75, 3.05) is 6.54 Å². The molecule has 2 aromatic carbocycles. The van der Waals surface area contributed by atoms with E-state index in [4.69, 9.17) is 5.73 Å². The molecule has 2 atom stereocenters. The van der Waals surface area contributed by atoms with Crippen LogP contribution in [0.15, 0.2) is 55.9 Å². The first kappa shape index (κ1) is 16.2. The van der Waals surface area contributed by atoms with Crippen LogP contribution >= 0.6 is 47.8 Å². The van der Waals surface area contributed by atoms with E-state index < -0.39 is 6.10 Å². The van der Waals surface area contributed by atoms with Crippen molar-refractivity contribution in [3.05, 3.63) is 67.0 Å². The Hall–Kier alpha value is -0.200. The molecule has 106 valence electrons. The highest BCUT2D eigenvalue weighted by Crippen LogP contribution is 2.35. The van der Waals surface area contributed by atoms with Gasteiger partial charge >= 0.3 is 0 Å². The maximum absolute atomic E-state index is 10.7. The van der Waals surface area contributed by atoms with Gasteiger partial charge in [-0.05, 0) is 41.5 Å². The van der Waals surface area contributed by atoms with E-state index in [1.165, 1.54) is 0 Å². The Morgan fingerprint density at radius 1 is 0.950 bits per heavy atom. The largest absolute Gasteiger partial charge is 0.388 e. The van der Waals surface area contributed by atoms with Gasteiger partial charge in [-0.15, -0.1) is 0 Å². The summed E-state index contributed by atoms with van der Waals surface area (Å²) in [4.78, 5) is 0. The summed E-state index contributed by atoms with van der Waals surface area (Å²) in [6, 6.07) is 13.6. The minimum atomic E-state index is -0.659. The van der Waals surface area contributed by atoms with Gasteiger partial charge in [-0.3, -0.25) is 0 Å². The Bertz CT molecular complexity index is 586. The lowest BCUT2D eigenvalue weighted by Crippen LogP contribution is -2.20. The normalized spacial score (nSPS) is 14.1. The predicted molar refractivity (Wildman–Crippen MR) is 92.7 cm³/mol. The molecule has 0 aliphatic rings.